The van der Waals surface area contributed by atoms with E-state index in [-0.39, 0.29) is 11.1 Å². The van der Waals surface area contributed by atoms with Gasteiger partial charge in [0.2, 0.25) is 0 Å². The number of hydrogen-bond donors (Lipinski definition) is 1. The van der Waals surface area contributed by atoms with Crippen molar-refractivity contribution >= 4 is 24.4 Å². The average Bonchev–Trinajstić information content (AvgIpc) is 3.22. The van der Waals surface area contributed by atoms with Crippen molar-refractivity contribution in [2.24, 2.45) is 5.92 Å². The largest absolute Gasteiger partial charge is 0.403 e. The predicted molar refractivity (Wildman–Crippen MR) is 155 cm³/mol. The van der Waals surface area contributed by atoms with Gasteiger partial charge in [-0.2, -0.15) is 0 Å². The van der Waals surface area contributed by atoms with E-state index in [1.165, 1.54) is 47.3 Å². The van der Waals surface area contributed by atoms with E-state index in [1.807, 2.05) is 0 Å². The number of aryl methyl sites for hydroxylation is 2. The molecule has 0 radical (unpaired) electrons. The fourth-order valence-electron chi connectivity index (χ4n) is 6.53. The lowest BCUT2D eigenvalue weighted by Gasteiger charge is -2.44. The second kappa shape index (κ2) is 10.5. The van der Waals surface area contributed by atoms with Gasteiger partial charge in [-0.05, 0) is 76.7 Å². The van der Waals surface area contributed by atoms with Gasteiger partial charge in [0, 0.05) is 25.3 Å². The monoisotopic (exact) mass is 498 g/mol. The summed E-state index contributed by atoms with van der Waals surface area (Å²) >= 11 is 0. The average molecular weight is 499 g/mol. The fraction of sp³-hybridized carbons (Fsp3) is 0.438. The molecule has 0 amide bonds. The summed E-state index contributed by atoms with van der Waals surface area (Å²) in [6, 6.07) is 28.6. The van der Waals surface area contributed by atoms with Crippen LogP contribution < -0.4 is 16.1 Å². The van der Waals surface area contributed by atoms with Crippen molar-refractivity contribution < 1.29 is 4.43 Å². The maximum Gasteiger partial charge on any atom is 0.261 e. The smallest absolute Gasteiger partial charge is 0.261 e. The number of hydrogen-bond acceptors (Lipinski definition) is 3. The molecule has 1 aliphatic carbocycles. The van der Waals surface area contributed by atoms with E-state index < -0.39 is 8.32 Å². The molecule has 3 aromatic carbocycles. The summed E-state index contributed by atoms with van der Waals surface area (Å²) in [5, 5.41) is 2.78. The number of nitrogens with zero attached hydrogens (tertiary/aromatic N) is 1. The Morgan fingerprint density at radius 3 is 2.06 bits per heavy atom. The first-order chi connectivity index (χ1) is 17.3. The Balaban J connectivity index is 1.31. The van der Waals surface area contributed by atoms with Gasteiger partial charge in [-0.1, -0.05) is 87.5 Å². The van der Waals surface area contributed by atoms with Gasteiger partial charge < -0.3 is 15.1 Å². The molecular formula is C32H42N2OSi. The Morgan fingerprint density at radius 1 is 0.833 bits per heavy atom. The number of rotatable bonds is 6. The lowest BCUT2D eigenvalue weighted by Crippen LogP contribution is -2.67. The molecule has 2 N–H and O–H groups in total. The zero-order valence-corrected chi connectivity index (χ0v) is 23.2. The van der Waals surface area contributed by atoms with E-state index >= 15 is 0 Å². The highest BCUT2D eigenvalue weighted by Gasteiger charge is 2.52. The summed E-state index contributed by atoms with van der Waals surface area (Å²) in [6.07, 6.45) is 6.25. The molecule has 36 heavy (non-hydrogen) atoms. The van der Waals surface area contributed by atoms with Crippen molar-refractivity contribution in [1.82, 2.24) is 4.90 Å². The number of nitrogens with two attached hydrogens (primary N) is 1. The molecule has 0 saturated carbocycles. The number of anilines is 1. The van der Waals surface area contributed by atoms with E-state index in [9.17, 15) is 0 Å². The normalized spacial score (nSPS) is 21.2. The third-order valence-electron chi connectivity index (χ3n) is 8.38. The summed E-state index contributed by atoms with van der Waals surface area (Å²) in [7, 11) is -2.49. The van der Waals surface area contributed by atoms with E-state index in [2.05, 4.69) is 105 Å². The first kappa shape index (κ1) is 25.3. The van der Waals surface area contributed by atoms with Crippen LogP contribution in [0.4, 0.5) is 5.69 Å². The van der Waals surface area contributed by atoms with Crippen molar-refractivity contribution in [3.05, 3.63) is 90.0 Å². The lowest BCUT2D eigenvalue weighted by molar-refractivity contribution is 0.178. The molecular weight excluding hydrogens is 456 g/mol. The molecule has 1 unspecified atom stereocenters. The van der Waals surface area contributed by atoms with Gasteiger partial charge >= 0.3 is 0 Å². The zero-order chi connectivity index (χ0) is 25.2. The van der Waals surface area contributed by atoms with Gasteiger partial charge in [-0.3, -0.25) is 0 Å². The second-order valence-corrected chi connectivity index (χ2v) is 16.2. The van der Waals surface area contributed by atoms with Gasteiger partial charge in [0.05, 0.1) is 6.10 Å². The molecule has 1 fully saturated rings. The molecule has 2 atom stereocenters. The summed E-state index contributed by atoms with van der Waals surface area (Å²) in [5.41, 5.74) is 9.92. The quantitative estimate of drug-likeness (QED) is 0.280. The van der Waals surface area contributed by atoms with Gasteiger partial charge in [-0.25, -0.2) is 0 Å². The highest BCUT2D eigenvalue weighted by Crippen LogP contribution is 2.38. The molecule has 1 aliphatic heterocycles. The maximum absolute atomic E-state index is 7.43. The van der Waals surface area contributed by atoms with Crippen molar-refractivity contribution in [2.45, 2.75) is 64.0 Å². The van der Waals surface area contributed by atoms with E-state index in [4.69, 9.17) is 10.2 Å². The number of benzene rings is 3. The molecule has 1 heterocycles. The first-order valence-corrected chi connectivity index (χ1v) is 15.6. The fourth-order valence-corrected chi connectivity index (χ4v) is 11.2. The van der Waals surface area contributed by atoms with Gasteiger partial charge in [-0.15, -0.1) is 0 Å². The Labute approximate surface area is 218 Å². The van der Waals surface area contributed by atoms with Crippen LogP contribution in [-0.4, -0.2) is 39.0 Å². The molecule has 3 nitrogen and oxygen atoms in total. The van der Waals surface area contributed by atoms with Crippen LogP contribution in [0.15, 0.2) is 78.9 Å². The van der Waals surface area contributed by atoms with Gasteiger partial charge in [0.15, 0.2) is 0 Å². The molecule has 2 aliphatic rings. The van der Waals surface area contributed by atoms with Crippen molar-refractivity contribution in [1.29, 1.82) is 0 Å². The summed E-state index contributed by atoms with van der Waals surface area (Å²) in [5.74, 6) is 0.741. The van der Waals surface area contributed by atoms with E-state index in [0.717, 1.165) is 37.5 Å². The van der Waals surface area contributed by atoms with Crippen molar-refractivity contribution in [2.75, 3.05) is 25.4 Å². The molecule has 190 valence electrons. The van der Waals surface area contributed by atoms with E-state index in [0.29, 0.717) is 0 Å². The van der Waals surface area contributed by atoms with Crippen LogP contribution in [0.25, 0.3) is 0 Å². The first-order valence-electron chi connectivity index (χ1n) is 13.7. The zero-order valence-electron chi connectivity index (χ0n) is 22.2. The minimum Gasteiger partial charge on any atom is -0.403 e. The van der Waals surface area contributed by atoms with Crippen LogP contribution >= 0.6 is 0 Å². The standard InChI is InChI=1S/C32H42N2OSi/c1-32(2,3)36(30-10-6-4-7-11-30,31-12-8-5-9-13-31)35-29-20-21-34(24-29)23-25-14-16-26-18-19-28(33)22-27(26)17-15-25/h4-13,18-19,22,25,29H,14-17,20-21,23-24,33H2,1-3H3/t25?,29-/m0/s1. The van der Waals surface area contributed by atoms with Crippen LogP contribution in [0.5, 0.6) is 0 Å². The molecule has 1 saturated heterocycles. The highest BCUT2D eigenvalue weighted by molar-refractivity contribution is 6.99. The van der Waals surface area contributed by atoms with Crippen LogP contribution in [0.2, 0.25) is 5.04 Å². The van der Waals surface area contributed by atoms with E-state index in [1.54, 1.807) is 0 Å². The lowest BCUT2D eigenvalue weighted by atomic mass is 9.99. The van der Waals surface area contributed by atoms with Crippen molar-refractivity contribution in [3.8, 4) is 0 Å². The minimum atomic E-state index is -2.49. The van der Waals surface area contributed by atoms with Crippen LogP contribution in [0.1, 0.15) is 51.2 Å². The summed E-state index contributed by atoms with van der Waals surface area (Å²) in [6.45, 7) is 10.5. The third-order valence-corrected chi connectivity index (χ3v) is 13.5. The second-order valence-electron chi connectivity index (χ2n) is 11.9. The Kier molecular flexibility index (Phi) is 7.39. The van der Waals surface area contributed by atoms with Gasteiger partial charge in [0.25, 0.3) is 8.32 Å². The third kappa shape index (κ3) is 5.18. The predicted octanol–water partition coefficient (Wildman–Crippen LogP) is 5.41. The number of nitrogen functional groups attached to an aromatic ring is 1. The Hall–Kier alpha value is -2.40. The van der Waals surface area contributed by atoms with Crippen LogP contribution in [0, 0.1) is 5.92 Å². The Morgan fingerprint density at radius 2 is 1.44 bits per heavy atom. The molecule has 0 aromatic heterocycles. The number of fused-ring (bicyclic) bond motifs is 1. The van der Waals surface area contributed by atoms with Crippen molar-refractivity contribution in [3.63, 3.8) is 0 Å². The highest BCUT2D eigenvalue weighted by atomic mass is 28.4. The molecule has 0 bridgehead atoms. The molecule has 4 heteroatoms. The topological polar surface area (TPSA) is 38.5 Å². The Bertz CT molecular complexity index is 1100. The molecule has 5 rings (SSSR count). The maximum atomic E-state index is 7.43. The summed E-state index contributed by atoms with van der Waals surface area (Å²) in [4.78, 5) is 2.68. The molecule has 0 spiro atoms. The number of likely N-dealkylation sites (tertiary alicyclic amines) is 1. The molecule has 3 aromatic rings. The van der Waals surface area contributed by atoms with Crippen LogP contribution in [0.3, 0.4) is 0 Å². The summed E-state index contributed by atoms with van der Waals surface area (Å²) < 4.78 is 7.43. The minimum absolute atomic E-state index is 0.0258. The SMILES string of the molecule is CC(C)(C)[Si](O[C@H]1CCN(CC2CCc3ccc(N)cc3CC2)C1)(c1ccccc1)c1ccccc1. The van der Waals surface area contributed by atoms with Gasteiger partial charge in [0.1, 0.15) is 0 Å². The van der Waals surface area contributed by atoms with Crippen LogP contribution in [-0.2, 0) is 17.3 Å².